The van der Waals surface area contributed by atoms with Gasteiger partial charge in [0.1, 0.15) is 17.6 Å². The van der Waals surface area contributed by atoms with Gasteiger partial charge >= 0.3 is 0 Å². The molecule has 3 aliphatic carbocycles. The van der Waals surface area contributed by atoms with Gasteiger partial charge in [0.15, 0.2) is 12.3 Å². The molecule has 3 fully saturated rings. The Kier molecular flexibility index (Phi) is 6.55. The Morgan fingerprint density at radius 2 is 1.93 bits per heavy atom. The summed E-state index contributed by atoms with van der Waals surface area (Å²) in [5.74, 6) is 0.557. The molecule has 8 rings (SSSR count). The molecular formula is C30H26ClF2N7O3. The van der Waals surface area contributed by atoms with E-state index in [-0.39, 0.29) is 54.2 Å². The number of aromatic nitrogens is 5. The van der Waals surface area contributed by atoms with Crippen molar-refractivity contribution in [2.75, 3.05) is 18.1 Å². The number of nitriles is 1. The zero-order chi connectivity index (χ0) is 29.9. The molecule has 0 spiro atoms. The number of pyridine rings is 1. The lowest BCUT2D eigenvalue weighted by Crippen LogP contribution is -2.64. The van der Waals surface area contributed by atoms with Crippen molar-refractivity contribution in [3.8, 4) is 22.9 Å². The molecule has 0 atom stereocenters. The Bertz CT molecular complexity index is 1780. The van der Waals surface area contributed by atoms with Crippen molar-refractivity contribution < 1.29 is 23.4 Å². The van der Waals surface area contributed by atoms with Gasteiger partial charge in [-0.05, 0) is 54.2 Å². The monoisotopic (exact) mass is 605 g/mol. The van der Waals surface area contributed by atoms with Gasteiger partial charge in [0.05, 0.1) is 34.7 Å². The third-order valence-electron chi connectivity index (χ3n) is 8.81. The molecule has 1 aromatic carbocycles. The minimum absolute atomic E-state index is 0.0238. The SMILES string of the molecule is N#Cc1c(CCC(F)F)nc2c(cnn2CC23CC(CO)(C2)C3)c1-c1ccc2c(c1)OCC(=O)N2Cc1ncc(Cl)cn1. The van der Waals surface area contributed by atoms with Crippen LogP contribution in [-0.4, -0.2) is 55.4 Å². The molecule has 1 amide bonds. The third-order valence-corrected chi connectivity index (χ3v) is 9.00. The number of benzene rings is 1. The second-order valence-electron chi connectivity index (χ2n) is 11.8. The first-order valence-electron chi connectivity index (χ1n) is 13.9. The van der Waals surface area contributed by atoms with Crippen molar-refractivity contribution in [3.63, 3.8) is 0 Å². The minimum atomic E-state index is -2.54. The van der Waals surface area contributed by atoms with Crippen molar-refractivity contribution in [2.45, 2.75) is 51.6 Å². The summed E-state index contributed by atoms with van der Waals surface area (Å²) in [6.45, 7) is 0.687. The maximum absolute atomic E-state index is 13.3. The van der Waals surface area contributed by atoms with Crippen LogP contribution >= 0.6 is 11.6 Å². The van der Waals surface area contributed by atoms with Gasteiger partial charge in [0.2, 0.25) is 6.43 Å². The average molecular weight is 606 g/mol. The Morgan fingerprint density at radius 3 is 2.63 bits per heavy atom. The van der Waals surface area contributed by atoms with Gasteiger partial charge in [-0.15, -0.1) is 0 Å². The van der Waals surface area contributed by atoms with Gasteiger partial charge in [-0.25, -0.2) is 28.4 Å². The number of carbonyl (C=O) groups is 1. The van der Waals surface area contributed by atoms with Crippen molar-refractivity contribution in [1.82, 2.24) is 24.7 Å². The summed E-state index contributed by atoms with van der Waals surface area (Å²) < 4.78 is 34.2. The van der Waals surface area contributed by atoms with Crippen LogP contribution in [0.3, 0.4) is 0 Å². The zero-order valence-electron chi connectivity index (χ0n) is 22.9. The highest BCUT2D eigenvalue weighted by Gasteiger charge is 2.67. The number of alkyl halides is 2. The fourth-order valence-corrected chi connectivity index (χ4v) is 7.18. The molecule has 1 aliphatic heterocycles. The van der Waals surface area contributed by atoms with Crippen molar-refractivity contribution in [1.29, 1.82) is 5.26 Å². The molecule has 0 unspecified atom stereocenters. The molecule has 1 N–H and O–H groups in total. The lowest BCUT2D eigenvalue weighted by Gasteiger charge is -2.70. The second kappa shape index (κ2) is 10.2. The molecule has 4 heterocycles. The smallest absolute Gasteiger partial charge is 0.265 e. The highest BCUT2D eigenvalue weighted by atomic mass is 35.5. The number of aliphatic hydroxyl groups excluding tert-OH is 1. The van der Waals surface area contributed by atoms with E-state index in [1.165, 1.54) is 17.3 Å². The van der Waals surface area contributed by atoms with E-state index >= 15 is 0 Å². The Morgan fingerprint density at radius 1 is 1.16 bits per heavy atom. The first-order chi connectivity index (χ1) is 20.7. The van der Waals surface area contributed by atoms with E-state index in [9.17, 15) is 23.9 Å². The number of aryl methyl sites for hydroxylation is 1. The van der Waals surface area contributed by atoms with Crippen LogP contribution in [0.25, 0.3) is 22.2 Å². The number of halogens is 3. The number of hydrogen-bond acceptors (Lipinski definition) is 8. The molecule has 2 bridgehead atoms. The fourth-order valence-electron chi connectivity index (χ4n) is 7.08. The molecule has 4 aromatic rings. The molecule has 43 heavy (non-hydrogen) atoms. The van der Waals surface area contributed by atoms with Crippen LogP contribution < -0.4 is 9.64 Å². The normalized spacial score (nSPS) is 22.1. The van der Waals surface area contributed by atoms with Crippen molar-refractivity contribution in [2.24, 2.45) is 10.8 Å². The molecule has 220 valence electrons. The highest BCUT2D eigenvalue weighted by molar-refractivity contribution is 6.30. The molecule has 13 heteroatoms. The number of carbonyl (C=O) groups excluding carboxylic acids is 1. The van der Waals surface area contributed by atoms with E-state index in [1.807, 2.05) is 0 Å². The number of aliphatic hydroxyl groups is 1. The summed E-state index contributed by atoms with van der Waals surface area (Å²) >= 11 is 5.90. The van der Waals surface area contributed by atoms with Gasteiger partial charge in [-0.1, -0.05) is 17.7 Å². The number of nitrogens with zero attached hydrogens (tertiary/aromatic N) is 7. The number of fused-ring (bicyclic) bond motifs is 2. The minimum Gasteiger partial charge on any atom is -0.482 e. The van der Waals surface area contributed by atoms with E-state index in [2.05, 4.69) is 21.1 Å². The van der Waals surface area contributed by atoms with Crippen LogP contribution in [0, 0.1) is 22.2 Å². The first-order valence-corrected chi connectivity index (χ1v) is 14.3. The largest absolute Gasteiger partial charge is 0.482 e. The van der Waals surface area contributed by atoms with E-state index in [0.717, 1.165) is 19.3 Å². The Balaban J connectivity index is 1.29. The van der Waals surface area contributed by atoms with E-state index < -0.39 is 12.8 Å². The summed E-state index contributed by atoms with van der Waals surface area (Å²) in [5.41, 5.74) is 2.74. The average Bonchev–Trinajstić information content (AvgIpc) is 3.36. The molecule has 0 radical (unpaired) electrons. The topological polar surface area (TPSA) is 130 Å². The first kappa shape index (κ1) is 27.6. The zero-order valence-corrected chi connectivity index (χ0v) is 23.7. The van der Waals surface area contributed by atoms with Gasteiger partial charge in [-0.3, -0.25) is 9.69 Å². The van der Waals surface area contributed by atoms with Crippen LogP contribution in [0.4, 0.5) is 14.5 Å². The van der Waals surface area contributed by atoms with Crippen LogP contribution in [0.1, 0.15) is 42.8 Å². The Labute approximate surface area is 249 Å². The number of anilines is 1. The molecular weight excluding hydrogens is 580 g/mol. The third kappa shape index (κ3) is 4.67. The summed E-state index contributed by atoms with van der Waals surface area (Å²) in [7, 11) is 0. The number of ether oxygens (including phenoxy) is 1. The molecule has 10 nitrogen and oxygen atoms in total. The predicted octanol–water partition coefficient (Wildman–Crippen LogP) is 4.70. The maximum Gasteiger partial charge on any atom is 0.265 e. The molecule has 3 saturated carbocycles. The lowest BCUT2D eigenvalue weighted by atomic mass is 9.35. The molecule has 0 saturated heterocycles. The fraction of sp³-hybridized carbons (Fsp3) is 0.400. The van der Waals surface area contributed by atoms with Crippen LogP contribution in [0.2, 0.25) is 5.02 Å². The van der Waals surface area contributed by atoms with Crippen LogP contribution in [0.15, 0.2) is 36.8 Å². The second-order valence-corrected chi connectivity index (χ2v) is 12.3. The van der Waals surface area contributed by atoms with Crippen molar-refractivity contribution in [3.05, 3.63) is 58.9 Å². The summed E-state index contributed by atoms with van der Waals surface area (Å²) in [5, 5.41) is 25.6. The standard InChI is InChI=1S/C30H26ClF2N7O3/c31-18-7-35-25(36-8-18)10-39-22-3-1-17(5-23(22)43-11-26(39)42)27-19(6-34)21(2-4-24(32)33)38-28-20(27)9-37-40(28)15-29-12-30(13-29,14-29)16-41/h1,3,5,7-9,24,41H,2,4,10-16H2. The summed E-state index contributed by atoms with van der Waals surface area (Å²) in [4.78, 5) is 27.4. The van der Waals surface area contributed by atoms with E-state index in [1.54, 1.807) is 29.1 Å². The highest BCUT2D eigenvalue weighted by Crippen LogP contribution is 2.73. The predicted molar refractivity (Wildman–Crippen MR) is 152 cm³/mol. The summed E-state index contributed by atoms with van der Waals surface area (Å²) in [6, 6.07) is 7.45. The number of rotatable bonds is 9. The van der Waals surface area contributed by atoms with E-state index in [0.29, 0.717) is 51.0 Å². The van der Waals surface area contributed by atoms with Gasteiger partial charge in [0, 0.05) is 42.9 Å². The van der Waals surface area contributed by atoms with Gasteiger partial charge < -0.3 is 9.84 Å². The maximum atomic E-state index is 13.3. The summed E-state index contributed by atoms with van der Waals surface area (Å²) in [6.07, 6.45) is 4.28. The van der Waals surface area contributed by atoms with Crippen LogP contribution in [0.5, 0.6) is 5.75 Å². The van der Waals surface area contributed by atoms with Gasteiger partial charge in [-0.2, -0.15) is 10.4 Å². The quantitative estimate of drug-likeness (QED) is 0.291. The van der Waals surface area contributed by atoms with Crippen molar-refractivity contribution >= 4 is 34.2 Å². The lowest BCUT2D eigenvalue weighted by molar-refractivity contribution is -0.230. The number of amides is 1. The molecule has 3 aromatic heterocycles. The van der Waals surface area contributed by atoms with E-state index in [4.69, 9.17) is 21.3 Å². The van der Waals surface area contributed by atoms with Gasteiger partial charge in [0.25, 0.3) is 5.91 Å². The Hall–Kier alpha value is -4.21. The number of hydrogen-bond donors (Lipinski definition) is 1. The molecule has 4 aliphatic rings. The van der Waals surface area contributed by atoms with Crippen LogP contribution in [-0.2, 0) is 24.3 Å².